The van der Waals surface area contributed by atoms with Crippen molar-refractivity contribution in [3.05, 3.63) is 17.5 Å². The van der Waals surface area contributed by atoms with Crippen molar-refractivity contribution >= 4 is 5.91 Å². The Bertz CT molecular complexity index is 381. The van der Waals surface area contributed by atoms with Gasteiger partial charge in [0.25, 0.3) is 5.91 Å². The molecule has 1 aliphatic rings. The van der Waals surface area contributed by atoms with Crippen LogP contribution in [0.2, 0.25) is 0 Å². The highest BCUT2D eigenvalue weighted by Crippen LogP contribution is 2.14. The molecule has 0 aliphatic carbocycles. The Kier molecular flexibility index (Phi) is 3.78. The van der Waals surface area contributed by atoms with Crippen LogP contribution in [0.25, 0.3) is 0 Å². The van der Waals surface area contributed by atoms with Crippen LogP contribution in [0.4, 0.5) is 0 Å². The molecule has 0 aromatic carbocycles. The molecule has 1 aromatic heterocycles. The van der Waals surface area contributed by atoms with Gasteiger partial charge in [-0.1, -0.05) is 19.0 Å². The predicted octanol–water partition coefficient (Wildman–Crippen LogP) is 1.28. The van der Waals surface area contributed by atoms with Crippen molar-refractivity contribution in [1.82, 2.24) is 15.8 Å². The highest BCUT2D eigenvalue weighted by atomic mass is 16.5. The fourth-order valence-electron chi connectivity index (χ4n) is 1.90. The van der Waals surface area contributed by atoms with Crippen molar-refractivity contribution in [1.29, 1.82) is 0 Å². The standard InChI is InChI=1S/C12H19N3O2/c1-8(2)10-6-11(17-15-10)12(16)14-9-4-3-5-13-7-9/h6,8-9,13H,3-5,7H2,1-2H3,(H,14,16)/t9-/m0/s1. The van der Waals surface area contributed by atoms with E-state index in [0.29, 0.717) is 5.76 Å². The number of hydrogen-bond donors (Lipinski definition) is 2. The molecular formula is C12H19N3O2. The molecule has 1 aromatic rings. The number of aromatic nitrogens is 1. The number of carbonyl (C=O) groups is 1. The van der Waals surface area contributed by atoms with Crippen molar-refractivity contribution in [2.45, 2.75) is 38.6 Å². The van der Waals surface area contributed by atoms with E-state index < -0.39 is 0 Å². The van der Waals surface area contributed by atoms with E-state index in [2.05, 4.69) is 15.8 Å². The maximum absolute atomic E-state index is 11.9. The van der Waals surface area contributed by atoms with Gasteiger partial charge < -0.3 is 15.2 Å². The number of nitrogens with one attached hydrogen (secondary N) is 2. The zero-order chi connectivity index (χ0) is 12.3. The SMILES string of the molecule is CC(C)c1cc(C(=O)N[C@H]2CCCNC2)on1. The van der Waals surface area contributed by atoms with E-state index in [1.54, 1.807) is 6.07 Å². The monoisotopic (exact) mass is 237 g/mol. The van der Waals surface area contributed by atoms with Crippen molar-refractivity contribution in [2.24, 2.45) is 0 Å². The zero-order valence-electron chi connectivity index (χ0n) is 10.3. The maximum Gasteiger partial charge on any atom is 0.290 e. The van der Waals surface area contributed by atoms with E-state index in [1.165, 1.54) is 0 Å². The van der Waals surface area contributed by atoms with Gasteiger partial charge in [0.05, 0.1) is 5.69 Å². The molecule has 0 saturated carbocycles. The Labute approximate surface area is 101 Å². The number of carbonyl (C=O) groups excluding carboxylic acids is 1. The van der Waals surface area contributed by atoms with Crippen LogP contribution in [-0.4, -0.2) is 30.2 Å². The van der Waals surface area contributed by atoms with Crippen molar-refractivity contribution in [3.8, 4) is 0 Å². The number of piperidine rings is 1. The predicted molar refractivity (Wildman–Crippen MR) is 63.9 cm³/mol. The van der Waals surface area contributed by atoms with Gasteiger partial charge in [0.15, 0.2) is 0 Å². The maximum atomic E-state index is 11.9. The van der Waals surface area contributed by atoms with Gasteiger partial charge in [-0.25, -0.2) is 0 Å². The Morgan fingerprint density at radius 1 is 1.65 bits per heavy atom. The Morgan fingerprint density at radius 2 is 2.47 bits per heavy atom. The van der Waals surface area contributed by atoms with Gasteiger partial charge in [-0.05, 0) is 25.3 Å². The van der Waals surface area contributed by atoms with Gasteiger partial charge in [-0.2, -0.15) is 0 Å². The molecule has 1 saturated heterocycles. The molecule has 94 valence electrons. The second kappa shape index (κ2) is 5.31. The summed E-state index contributed by atoms with van der Waals surface area (Å²) in [6.45, 7) is 5.90. The van der Waals surface area contributed by atoms with Crippen LogP contribution in [0.5, 0.6) is 0 Å². The topological polar surface area (TPSA) is 67.2 Å². The fraction of sp³-hybridized carbons (Fsp3) is 0.667. The summed E-state index contributed by atoms with van der Waals surface area (Å²) in [5.74, 6) is 0.411. The average Bonchev–Trinajstić information content (AvgIpc) is 2.79. The van der Waals surface area contributed by atoms with Crippen LogP contribution in [0.15, 0.2) is 10.6 Å². The molecule has 1 atom stereocenters. The van der Waals surface area contributed by atoms with Crippen LogP contribution < -0.4 is 10.6 Å². The van der Waals surface area contributed by atoms with E-state index in [4.69, 9.17) is 4.52 Å². The molecule has 0 radical (unpaired) electrons. The number of amides is 1. The lowest BCUT2D eigenvalue weighted by Gasteiger charge is -2.23. The first-order chi connectivity index (χ1) is 8.16. The first-order valence-electron chi connectivity index (χ1n) is 6.15. The van der Waals surface area contributed by atoms with E-state index in [-0.39, 0.29) is 17.9 Å². The summed E-state index contributed by atoms with van der Waals surface area (Å²) < 4.78 is 5.05. The van der Waals surface area contributed by atoms with E-state index >= 15 is 0 Å². The summed E-state index contributed by atoms with van der Waals surface area (Å²) in [5.41, 5.74) is 0.817. The Hall–Kier alpha value is -1.36. The first-order valence-corrected chi connectivity index (χ1v) is 6.15. The molecule has 0 spiro atoms. The average molecular weight is 237 g/mol. The molecule has 2 rings (SSSR count). The van der Waals surface area contributed by atoms with Crippen molar-refractivity contribution in [2.75, 3.05) is 13.1 Å². The second-order valence-electron chi connectivity index (χ2n) is 4.79. The number of hydrogen-bond acceptors (Lipinski definition) is 4. The molecular weight excluding hydrogens is 218 g/mol. The first kappa shape index (κ1) is 12.1. The van der Waals surface area contributed by atoms with Crippen LogP contribution in [0.3, 0.4) is 0 Å². The van der Waals surface area contributed by atoms with Gasteiger partial charge in [0.1, 0.15) is 0 Å². The Morgan fingerprint density at radius 3 is 3.06 bits per heavy atom. The minimum Gasteiger partial charge on any atom is -0.351 e. The Balaban J connectivity index is 1.94. The molecule has 0 unspecified atom stereocenters. The fourth-order valence-corrected chi connectivity index (χ4v) is 1.90. The minimum absolute atomic E-state index is 0.168. The molecule has 5 nitrogen and oxygen atoms in total. The third-order valence-electron chi connectivity index (χ3n) is 2.98. The lowest BCUT2D eigenvalue weighted by atomic mass is 10.1. The molecule has 5 heteroatoms. The van der Waals surface area contributed by atoms with Crippen molar-refractivity contribution < 1.29 is 9.32 Å². The lowest BCUT2D eigenvalue weighted by molar-refractivity contribution is 0.0893. The summed E-state index contributed by atoms with van der Waals surface area (Å²) >= 11 is 0. The number of rotatable bonds is 3. The smallest absolute Gasteiger partial charge is 0.290 e. The number of nitrogens with zero attached hydrogens (tertiary/aromatic N) is 1. The largest absolute Gasteiger partial charge is 0.351 e. The zero-order valence-corrected chi connectivity index (χ0v) is 10.3. The normalized spacial score (nSPS) is 20.5. The third-order valence-corrected chi connectivity index (χ3v) is 2.98. The third kappa shape index (κ3) is 3.06. The molecule has 0 bridgehead atoms. The van der Waals surface area contributed by atoms with Crippen molar-refractivity contribution in [3.63, 3.8) is 0 Å². The molecule has 1 amide bonds. The second-order valence-corrected chi connectivity index (χ2v) is 4.79. The molecule has 2 heterocycles. The van der Waals surface area contributed by atoms with E-state index in [9.17, 15) is 4.79 Å². The van der Waals surface area contributed by atoms with Gasteiger partial charge >= 0.3 is 0 Å². The molecule has 1 aliphatic heterocycles. The van der Waals surface area contributed by atoms with Gasteiger partial charge in [-0.15, -0.1) is 0 Å². The van der Waals surface area contributed by atoms with Crippen LogP contribution in [0, 0.1) is 0 Å². The summed E-state index contributed by atoms with van der Waals surface area (Å²) in [6.07, 6.45) is 2.11. The van der Waals surface area contributed by atoms with Gasteiger partial charge in [-0.3, -0.25) is 4.79 Å². The quantitative estimate of drug-likeness (QED) is 0.831. The summed E-state index contributed by atoms with van der Waals surface area (Å²) in [5, 5.41) is 10.1. The van der Waals surface area contributed by atoms with Crippen LogP contribution >= 0.6 is 0 Å². The minimum atomic E-state index is -0.168. The van der Waals surface area contributed by atoms with Crippen LogP contribution in [-0.2, 0) is 0 Å². The summed E-state index contributed by atoms with van der Waals surface area (Å²) in [7, 11) is 0. The highest BCUT2D eigenvalue weighted by molar-refractivity contribution is 5.91. The summed E-state index contributed by atoms with van der Waals surface area (Å²) in [6, 6.07) is 1.92. The van der Waals surface area contributed by atoms with E-state index in [1.807, 2.05) is 13.8 Å². The van der Waals surface area contributed by atoms with Gasteiger partial charge in [0, 0.05) is 18.7 Å². The van der Waals surface area contributed by atoms with Gasteiger partial charge in [0.2, 0.25) is 5.76 Å². The van der Waals surface area contributed by atoms with Crippen LogP contribution in [0.1, 0.15) is 48.9 Å². The lowest BCUT2D eigenvalue weighted by Crippen LogP contribution is -2.45. The highest BCUT2D eigenvalue weighted by Gasteiger charge is 2.19. The molecule has 1 fully saturated rings. The molecule has 17 heavy (non-hydrogen) atoms. The summed E-state index contributed by atoms with van der Waals surface area (Å²) in [4.78, 5) is 11.9. The molecule has 2 N–H and O–H groups in total. The van der Waals surface area contributed by atoms with E-state index in [0.717, 1.165) is 31.6 Å².